The third-order valence-electron chi connectivity index (χ3n) is 3.79. The van der Waals surface area contributed by atoms with Crippen LogP contribution in [0.5, 0.6) is 0 Å². The van der Waals surface area contributed by atoms with Crippen LogP contribution in [0.1, 0.15) is 19.4 Å². The summed E-state index contributed by atoms with van der Waals surface area (Å²) in [4.78, 5) is 24.0. The van der Waals surface area contributed by atoms with Crippen LogP contribution in [0.15, 0.2) is 35.3 Å². The Balaban J connectivity index is 2.57. The summed E-state index contributed by atoms with van der Waals surface area (Å²) >= 11 is 0. The molecule has 1 aromatic carbocycles. The Morgan fingerprint density at radius 3 is 2.71 bits per heavy atom. The van der Waals surface area contributed by atoms with Crippen molar-refractivity contribution in [2.24, 2.45) is 7.05 Å². The zero-order valence-corrected chi connectivity index (χ0v) is 11.8. The largest absolute Gasteiger partial charge is 0.480 e. The van der Waals surface area contributed by atoms with Crippen molar-refractivity contribution >= 4 is 27.8 Å². The molecule has 108 valence electrons. The van der Waals surface area contributed by atoms with E-state index < -0.39 is 12.0 Å². The standard InChI is InChI=1S/C15H15N3O3/c1-3-11(15(20)21)18-12-7-5-4-6-9(12)10-8-16-17(2)14(19)13(10)18/h4-8,11H,3H2,1-2H3,(H,20,21). The molecule has 0 saturated heterocycles. The van der Waals surface area contributed by atoms with E-state index in [-0.39, 0.29) is 5.56 Å². The number of hydrogen-bond acceptors (Lipinski definition) is 3. The maximum absolute atomic E-state index is 12.4. The predicted molar refractivity (Wildman–Crippen MR) is 79.4 cm³/mol. The predicted octanol–water partition coefficient (Wildman–Crippen LogP) is 1.92. The van der Waals surface area contributed by atoms with Gasteiger partial charge in [0.1, 0.15) is 11.6 Å². The lowest BCUT2D eigenvalue weighted by Crippen LogP contribution is -2.25. The van der Waals surface area contributed by atoms with Gasteiger partial charge in [0.25, 0.3) is 5.56 Å². The van der Waals surface area contributed by atoms with Crippen LogP contribution in [0.3, 0.4) is 0 Å². The maximum atomic E-state index is 12.4. The molecule has 0 aliphatic heterocycles. The van der Waals surface area contributed by atoms with Gasteiger partial charge in [-0.2, -0.15) is 5.10 Å². The fourth-order valence-electron chi connectivity index (χ4n) is 2.78. The molecule has 1 atom stereocenters. The number of carboxylic acid groups (broad SMARTS) is 1. The molecule has 0 aliphatic rings. The van der Waals surface area contributed by atoms with Crippen molar-refractivity contribution in [2.75, 3.05) is 0 Å². The van der Waals surface area contributed by atoms with Gasteiger partial charge in [-0.15, -0.1) is 0 Å². The molecule has 0 radical (unpaired) electrons. The van der Waals surface area contributed by atoms with Gasteiger partial charge in [0, 0.05) is 17.8 Å². The highest BCUT2D eigenvalue weighted by Gasteiger charge is 2.24. The molecule has 2 heterocycles. The number of hydrogen-bond donors (Lipinski definition) is 1. The van der Waals surface area contributed by atoms with E-state index in [4.69, 9.17) is 0 Å². The van der Waals surface area contributed by atoms with E-state index in [1.165, 1.54) is 4.68 Å². The molecule has 0 amide bonds. The van der Waals surface area contributed by atoms with E-state index in [1.54, 1.807) is 24.7 Å². The lowest BCUT2D eigenvalue weighted by Gasteiger charge is -2.14. The molecule has 0 aliphatic carbocycles. The number of fused-ring (bicyclic) bond motifs is 3. The maximum Gasteiger partial charge on any atom is 0.326 e. The number of benzene rings is 1. The average molecular weight is 285 g/mol. The van der Waals surface area contributed by atoms with Gasteiger partial charge in [-0.05, 0) is 12.5 Å². The second-order valence-corrected chi connectivity index (χ2v) is 4.99. The van der Waals surface area contributed by atoms with Gasteiger partial charge in [-0.3, -0.25) is 4.79 Å². The lowest BCUT2D eigenvalue weighted by molar-refractivity contribution is -0.140. The lowest BCUT2D eigenvalue weighted by atomic mass is 10.2. The Bertz CT molecular complexity index is 908. The molecular weight excluding hydrogens is 270 g/mol. The number of aliphatic carboxylic acids is 1. The van der Waals surface area contributed by atoms with Crippen molar-refractivity contribution in [2.45, 2.75) is 19.4 Å². The number of nitrogens with zero attached hydrogens (tertiary/aromatic N) is 3. The summed E-state index contributed by atoms with van der Waals surface area (Å²) in [6.07, 6.45) is 2.01. The van der Waals surface area contributed by atoms with E-state index in [0.717, 1.165) is 10.9 Å². The van der Waals surface area contributed by atoms with Gasteiger partial charge in [0.2, 0.25) is 0 Å². The first-order valence-corrected chi connectivity index (χ1v) is 6.74. The van der Waals surface area contributed by atoms with Gasteiger partial charge in [0.05, 0.1) is 11.7 Å². The smallest absolute Gasteiger partial charge is 0.326 e. The summed E-state index contributed by atoms with van der Waals surface area (Å²) in [6.45, 7) is 1.80. The molecule has 0 saturated carbocycles. The van der Waals surface area contributed by atoms with E-state index in [0.29, 0.717) is 17.3 Å². The molecule has 21 heavy (non-hydrogen) atoms. The molecule has 1 unspecified atom stereocenters. The number of aromatic nitrogens is 3. The van der Waals surface area contributed by atoms with E-state index in [9.17, 15) is 14.7 Å². The molecule has 6 nitrogen and oxygen atoms in total. The molecule has 2 aromatic heterocycles. The van der Waals surface area contributed by atoms with Crippen molar-refractivity contribution < 1.29 is 9.90 Å². The van der Waals surface area contributed by atoms with Gasteiger partial charge in [0.15, 0.2) is 0 Å². The molecule has 3 aromatic rings. The third-order valence-corrected chi connectivity index (χ3v) is 3.79. The van der Waals surface area contributed by atoms with Gasteiger partial charge < -0.3 is 9.67 Å². The van der Waals surface area contributed by atoms with Crippen LogP contribution < -0.4 is 5.56 Å². The molecular formula is C15H15N3O3. The second kappa shape index (κ2) is 4.73. The highest BCUT2D eigenvalue weighted by molar-refractivity contribution is 6.08. The van der Waals surface area contributed by atoms with Crippen LogP contribution in [0.4, 0.5) is 0 Å². The summed E-state index contributed by atoms with van der Waals surface area (Å²) in [5.74, 6) is -0.945. The van der Waals surface area contributed by atoms with Crippen LogP contribution in [0.25, 0.3) is 21.8 Å². The van der Waals surface area contributed by atoms with Crippen molar-refractivity contribution in [3.8, 4) is 0 Å². The van der Waals surface area contributed by atoms with Gasteiger partial charge >= 0.3 is 5.97 Å². The third kappa shape index (κ3) is 1.83. The summed E-state index contributed by atoms with van der Waals surface area (Å²) in [5, 5.41) is 15.1. The van der Waals surface area contributed by atoms with E-state index in [1.807, 2.05) is 24.3 Å². The zero-order valence-electron chi connectivity index (χ0n) is 11.8. The fourth-order valence-corrected chi connectivity index (χ4v) is 2.78. The topological polar surface area (TPSA) is 77.1 Å². The summed E-state index contributed by atoms with van der Waals surface area (Å²) in [6, 6.07) is 6.64. The molecule has 1 N–H and O–H groups in total. The number of aryl methyl sites for hydroxylation is 1. The Hall–Kier alpha value is -2.63. The van der Waals surface area contributed by atoms with Crippen LogP contribution in [-0.2, 0) is 11.8 Å². The van der Waals surface area contributed by atoms with Crippen LogP contribution >= 0.6 is 0 Å². The van der Waals surface area contributed by atoms with E-state index >= 15 is 0 Å². The SMILES string of the molecule is CCC(C(=O)O)n1c2ccccc2c2cnn(C)c(=O)c21. The first-order chi connectivity index (χ1) is 10.1. The van der Waals surface area contributed by atoms with Crippen LogP contribution in [0.2, 0.25) is 0 Å². The van der Waals surface area contributed by atoms with Crippen molar-refractivity contribution in [1.82, 2.24) is 14.3 Å². The Morgan fingerprint density at radius 1 is 1.33 bits per heavy atom. The first-order valence-electron chi connectivity index (χ1n) is 6.74. The molecule has 0 bridgehead atoms. The molecule has 3 rings (SSSR count). The monoisotopic (exact) mass is 285 g/mol. The minimum Gasteiger partial charge on any atom is -0.480 e. The minimum absolute atomic E-state index is 0.289. The van der Waals surface area contributed by atoms with Crippen molar-refractivity contribution in [1.29, 1.82) is 0 Å². The average Bonchev–Trinajstić information content (AvgIpc) is 2.79. The Labute approximate surface area is 120 Å². The number of rotatable bonds is 3. The Morgan fingerprint density at radius 2 is 2.05 bits per heavy atom. The highest BCUT2D eigenvalue weighted by Crippen LogP contribution is 2.30. The normalized spacial score (nSPS) is 12.9. The number of carboxylic acids is 1. The quantitative estimate of drug-likeness (QED) is 0.797. The van der Waals surface area contributed by atoms with Crippen LogP contribution in [-0.4, -0.2) is 25.4 Å². The van der Waals surface area contributed by atoms with Crippen molar-refractivity contribution in [3.63, 3.8) is 0 Å². The molecule has 0 fully saturated rings. The minimum atomic E-state index is -0.945. The number of carbonyl (C=O) groups is 1. The van der Waals surface area contributed by atoms with Gasteiger partial charge in [-0.25, -0.2) is 9.48 Å². The summed E-state index contributed by atoms with van der Waals surface area (Å²) in [7, 11) is 1.56. The first kappa shape index (κ1) is 13.4. The highest BCUT2D eigenvalue weighted by atomic mass is 16.4. The van der Waals surface area contributed by atoms with Gasteiger partial charge in [-0.1, -0.05) is 25.1 Å². The Kier molecular flexibility index (Phi) is 3.01. The number of para-hydroxylation sites is 1. The fraction of sp³-hybridized carbons (Fsp3) is 0.267. The van der Waals surface area contributed by atoms with E-state index in [2.05, 4.69) is 5.10 Å². The zero-order chi connectivity index (χ0) is 15.1. The molecule has 6 heteroatoms. The molecule has 0 spiro atoms. The van der Waals surface area contributed by atoms with Crippen LogP contribution in [0, 0.1) is 0 Å². The second-order valence-electron chi connectivity index (χ2n) is 4.99. The summed E-state index contributed by atoms with van der Waals surface area (Å²) in [5.41, 5.74) is 0.846. The van der Waals surface area contributed by atoms with Crippen molar-refractivity contribution in [3.05, 3.63) is 40.8 Å². The summed E-state index contributed by atoms with van der Waals surface area (Å²) < 4.78 is 2.85.